The lowest BCUT2D eigenvalue weighted by Gasteiger charge is -2.28. The Labute approximate surface area is 79.5 Å². The Balaban J connectivity index is 2.98. The van der Waals surface area contributed by atoms with Gasteiger partial charge >= 0.3 is 6.18 Å². The van der Waals surface area contributed by atoms with Crippen LogP contribution in [0, 0.1) is 0 Å². The van der Waals surface area contributed by atoms with Crippen LogP contribution in [0.25, 0.3) is 0 Å². The molecular weight excluding hydrogens is 205 g/mol. The molecule has 0 aromatic rings. The first-order valence-electron chi connectivity index (χ1n) is 3.82. The summed E-state index contributed by atoms with van der Waals surface area (Å²) < 4.78 is 37.2. The number of allylic oxidation sites excluding steroid dienone is 1. The predicted octanol–water partition coefficient (Wildman–Crippen LogP) is 2.18. The maximum atomic E-state index is 12.4. The Hall–Kier alpha value is -0.420. The zero-order chi connectivity index (χ0) is 10.2. The molecule has 0 N–H and O–H groups in total. The molecule has 0 aromatic carbocycles. The average Bonchev–Trinajstić information content (AvgIpc) is 2.23. The van der Waals surface area contributed by atoms with Crippen LogP contribution in [0.2, 0.25) is 0 Å². The molecule has 1 aliphatic rings. The molecule has 0 saturated heterocycles. The van der Waals surface area contributed by atoms with E-state index in [1.54, 1.807) is 14.0 Å². The summed E-state index contributed by atoms with van der Waals surface area (Å²) in [7, 11) is 1.57. The van der Waals surface area contributed by atoms with Crippen LogP contribution in [0.15, 0.2) is 10.7 Å². The minimum absolute atomic E-state index is 0.129. The monoisotopic (exact) mass is 214 g/mol. The Bertz CT molecular complexity index is 236. The number of hydrazine groups is 1. The van der Waals surface area contributed by atoms with E-state index in [2.05, 4.69) is 0 Å². The number of halogens is 4. The first kappa shape index (κ1) is 10.7. The zero-order valence-electron chi connectivity index (χ0n) is 7.32. The summed E-state index contributed by atoms with van der Waals surface area (Å²) >= 11 is 5.51. The van der Waals surface area contributed by atoms with Crippen molar-refractivity contribution in [1.82, 2.24) is 10.0 Å². The summed E-state index contributed by atoms with van der Waals surface area (Å²) in [5.41, 5.74) is -0.737. The first-order valence-corrected chi connectivity index (χ1v) is 4.20. The van der Waals surface area contributed by atoms with Gasteiger partial charge in [-0.2, -0.15) is 13.2 Å². The Kier molecular flexibility index (Phi) is 2.77. The molecule has 0 unspecified atom stereocenters. The molecule has 0 aromatic heterocycles. The average molecular weight is 215 g/mol. The van der Waals surface area contributed by atoms with Crippen molar-refractivity contribution in [3.8, 4) is 0 Å². The van der Waals surface area contributed by atoms with Crippen molar-refractivity contribution in [2.45, 2.75) is 13.1 Å². The molecule has 0 atom stereocenters. The van der Waals surface area contributed by atoms with Gasteiger partial charge in [0.25, 0.3) is 0 Å². The highest BCUT2D eigenvalue weighted by atomic mass is 35.5. The molecule has 0 saturated carbocycles. The van der Waals surface area contributed by atoms with Gasteiger partial charge in [0.15, 0.2) is 0 Å². The molecule has 2 nitrogen and oxygen atoms in total. The molecule has 1 heterocycles. The standard InChI is InChI=1S/C7H10ClF3N2/c1-3-13-6(7(9,10)11)5(8)4-12(13)2/h3-4H2,1-2H3. The molecule has 0 amide bonds. The maximum absolute atomic E-state index is 12.4. The van der Waals surface area contributed by atoms with E-state index in [0.29, 0.717) is 0 Å². The third kappa shape index (κ3) is 1.91. The van der Waals surface area contributed by atoms with Gasteiger partial charge in [-0.05, 0) is 6.92 Å². The highest BCUT2D eigenvalue weighted by molar-refractivity contribution is 6.30. The van der Waals surface area contributed by atoms with E-state index in [-0.39, 0.29) is 18.1 Å². The lowest BCUT2D eigenvalue weighted by atomic mass is 10.4. The second kappa shape index (κ2) is 3.38. The summed E-state index contributed by atoms with van der Waals surface area (Å²) in [5, 5.41) is 2.44. The quantitative estimate of drug-likeness (QED) is 0.660. The van der Waals surface area contributed by atoms with Crippen LogP contribution in [0.1, 0.15) is 6.92 Å². The van der Waals surface area contributed by atoms with Crippen molar-refractivity contribution < 1.29 is 13.2 Å². The molecule has 1 rings (SSSR count). The minimum atomic E-state index is -4.36. The summed E-state index contributed by atoms with van der Waals surface area (Å²) in [6.07, 6.45) is -4.36. The van der Waals surface area contributed by atoms with E-state index < -0.39 is 11.9 Å². The summed E-state index contributed by atoms with van der Waals surface area (Å²) in [5.74, 6) is 0. The normalized spacial score (nSPS) is 20.3. The van der Waals surface area contributed by atoms with Gasteiger partial charge in [-0.3, -0.25) is 0 Å². The lowest BCUT2D eigenvalue weighted by molar-refractivity contribution is -0.126. The van der Waals surface area contributed by atoms with Crippen molar-refractivity contribution in [2.24, 2.45) is 0 Å². The van der Waals surface area contributed by atoms with Gasteiger partial charge < -0.3 is 5.01 Å². The van der Waals surface area contributed by atoms with E-state index in [0.717, 1.165) is 5.01 Å². The van der Waals surface area contributed by atoms with Gasteiger partial charge in [0.05, 0.1) is 11.6 Å². The molecule has 6 heteroatoms. The number of alkyl halides is 3. The zero-order valence-corrected chi connectivity index (χ0v) is 8.08. The highest BCUT2D eigenvalue weighted by Gasteiger charge is 2.44. The van der Waals surface area contributed by atoms with E-state index in [9.17, 15) is 13.2 Å². The molecule has 0 radical (unpaired) electrons. The maximum Gasteiger partial charge on any atom is 0.433 e. The molecule has 0 fully saturated rings. The van der Waals surface area contributed by atoms with E-state index >= 15 is 0 Å². The third-order valence-electron chi connectivity index (χ3n) is 1.86. The summed E-state index contributed by atoms with van der Waals surface area (Å²) in [6, 6.07) is 0. The van der Waals surface area contributed by atoms with Gasteiger partial charge in [0, 0.05) is 13.6 Å². The number of nitrogens with zero attached hydrogens (tertiary/aromatic N) is 2. The Morgan fingerprint density at radius 2 is 2.00 bits per heavy atom. The van der Waals surface area contributed by atoms with Crippen LogP contribution in [-0.2, 0) is 0 Å². The number of likely N-dealkylation sites (N-methyl/N-ethyl adjacent to an activating group) is 1. The van der Waals surface area contributed by atoms with Gasteiger partial charge in [-0.1, -0.05) is 11.6 Å². The fraction of sp³-hybridized carbons (Fsp3) is 0.714. The van der Waals surface area contributed by atoms with Crippen LogP contribution >= 0.6 is 11.6 Å². The second-order valence-corrected chi connectivity index (χ2v) is 3.24. The lowest BCUT2D eigenvalue weighted by Crippen LogP contribution is -2.38. The van der Waals surface area contributed by atoms with Crippen molar-refractivity contribution in [3.63, 3.8) is 0 Å². The fourth-order valence-electron chi connectivity index (χ4n) is 1.37. The molecule has 13 heavy (non-hydrogen) atoms. The van der Waals surface area contributed by atoms with Crippen LogP contribution in [0.3, 0.4) is 0 Å². The molecular formula is C7H10ClF3N2. The van der Waals surface area contributed by atoms with E-state index in [4.69, 9.17) is 11.6 Å². The number of hydrogen-bond acceptors (Lipinski definition) is 2. The number of rotatable bonds is 1. The Morgan fingerprint density at radius 3 is 2.31 bits per heavy atom. The van der Waals surface area contributed by atoms with Gasteiger partial charge in [-0.25, -0.2) is 5.01 Å². The second-order valence-electron chi connectivity index (χ2n) is 2.78. The Morgan fingerprint density at radius 1 is 1.46 bits per heavy atom. The van der Waals surface area contributed by atoms with Crippen molar-refractivity contribution in [1.29, 1.82) is 0 Å². The van der Waals surface area contributed by atoms with Crippen molar-refractivity contribution in [3.05, 3.63) is 10.7 Å². The van der Waals surface area contributed by atoms with Gasteiger partial charge in [0.2, 0.25) is 0 Å². The smallest absolute Gasteiger partial charge is 0.301 e. The van der Waals surface area contributed by atoms with Crippen LogP contribution in [0.5, 0.6) is 0 Å². The molecule has 76 valence electrons. The number of hydrogen-bond donors (Lipinski definition) is 0. The van der Waals surface area contributed by atoms with Crippen LogP contribution < -0.4 is 0 Å². The summed E-state index contributed by atoms with van der Waals surface area (Å²) in [6.45, 7) is 2.05. The topological polar surface area (TPSA) is 6.48 Å². The van der Waals surface area contributed by atoms with Crippen molar-refractivity contribution in [2.75, 3.05) is 20.1 Å². The van der Waals surface area contributed by atoms with Crippen LogP contribution in [-0.4, -0.2) is 36.3 Å². The van der Waals surface area contributed by atoms with E-state index in [1.165, 1.54) is 5.01 Å². The third-order valence-corrected chi connectivity index (χ3v) is 2.16. The van der Waals surface area contributed by atoms with Gasteiger partial charge in [0.1, 0.15) is 5.70 Å². The molecule has 0 spiro atoms. The highest BCUT2D eigenvalue weighted by Crippen LogP contribution is 2.37. The largest absolute Gasteiger partial charge is 0.433 e. The van der Waals surface area contributed by atoms with Gasteiger partial charge in [-0.15, -0.1) is 0 Å². The van der Waals surface area contributed by atoms with E-state index in [1.807, 2.05) is 0 Å². The predicted molar refractivity (Wildman–Crippen MR) is 43.9 cm³/mol. The minimum Gasteiger partial charge on any atom is -0.301 e. The SMILES string of the molecule is CCN1C(C(F)(F)F)=C(Cl)CN1C. The van der Waals surface area contributed by atoms with Crippen LogP contribution in [0.4, 0.5) is 13.2 Å². The molecule has 1 aliphatic heterocycles. The summed E-state index contributed by atoms with van der Waals surface area (Å²) in [4.78, 5) is 0. The molecule has 0 aliphatic carbocycles. The molecule has 0 bridgehead atoms. The first-order chi connectivity index (χ1) is 5.88. The fourth-order valence-corrected chi connectivity index (χ4v) is 1.75. The van der Waals surface area contributed by atoms with Crippen molar-refractivity contribution >= 4 is 11.6 Å².